The van der Waals surface area contributed by atoms with E-state index in [0.29, 0.717) is 11.0 Å². The second kappa shape index (κ2) is 5.52. The Labute approximate surface area is 110 Å². The molecule has 0 saturated heterocycles. The van der Waals surface area contributed by atoms with Gasteiger partial charge in [0.25, 0.3) is 0 Å². The van der Waals surface area contributed by atoms with E-state index in [1.165, 1.54) is 11.3 Å². The van der Waals surface area contributed by atoms with E-state index in [1.54, 1.807) is 6.21 Å². The monoisotopic (exact) mass is 315 g/mol. The molecule has 0 radical (unpaired) electrons. The summed E-state index contributed by atoms with van der Waals surface area (Å²) in [6.07, 6.45) is 1.75. The van der Waals surface area contributed by atoms with Crippen molar-refractivity contribution in [1.29, 1.82) is 0 Å². The van der Waals surface area contributed by atoms with Crippen LogP contribution < -0.4 is 0 Å². The van der Waals surface area contributed by atoms with Crippen molar-refractivity contribution in [1.82, 2.24) is 10.2 Å². The highest BCUT2D eigenvalue weighted by Crippen LogP contribution is 2.19. The van der Waals surface area contributed by atoms with Crippen LogP contribution in [-0.4, -0.2) is 16.4 Å². The Morgan fingerprint density at radius 2 is 2.31 bits per heavy atom. The van der Waals surface area contributed by atoms with Gasteiger partial charge >= 0.3 is 0 Å². The van der Waals surface area contributed by atoms with Crippen molar-refractivity contribution in [2.75, 3.05) is 0 Å². The SMILES string of the molecule is ClCc1nnc(N=Cc2cccc(Br)c2)s1. The molecule has 0 spiro atoms. The Balaban J connectivity index is 2.14. The first kappa shape index (κ1) is 11.7. The molecule has 0 amide bonds. The van der Waals surface area contributed by atoms with E-state index in [9.17, 15) is 0 Å². The highest BCUT2D eigenvalue weighted by atomic mass is 79.9. The number of hydrogen-bond acceptors (Lipinski definition) is 4. The van der Waals surface area contributed by atoms with Gasteiger partial charge in [-0.25, -0.2) is 4.99 Å². The zero-order valence-corrected chi connectivity index (χ0v) is 11.3. The van der Waals surface area contributed by atoms with E-state index in [4.69, 9.17) is 11.6 Å². The first-order valence-corrected chi connectivity index (χ1v) is 6.60. The minimum atomic E-state index is 0.379. The van der Waals surface area contributed by atoms with Gasteiger partial charge in [-0.2, -0.15) is 0 Å². The molecule has 1 aromatic heterocycles. The minimum absolute atomic E-state index is 0.379. The van der Waals surface area contributed by atoms with Gasteiger partial charge in [0.05, 0.1) is 5.88 Å². The van der Waals surface area contributed by atoms with Crippen molar-refractivity contribution >= 4 is 50.2 Å². The third kappa shape index (κ3) is 3.10. The summed E-state index contributed by atoms with van der Waals surface area (Å²) in [6.45, 7) is 0. The Hall–Kier alpha value is -0.780. The van der Waals surface area contributed by atoms with E-state index in [0.717, 1.165) is 15.0 Å². The highest BCUT2D eigenvalue weighted by Gasteiger charge is 1.99. The van der Waals surface area contributed by atoms with Crippen molar-refractivity contribution in [2.45, 2.75) is 5.88 Å². The summed E-state index contributed by atoms with van der Waals surface area (Å²) in [5.74, 6) is 0.379. The standard InChI is InChI=1S/C10H7BrClN3S/c11-8-3-1-2-7(4-8)6-13-10-15-14-9(5-12)16-10/h1-4,6H,5H2. The molecular formula is C10H7BrClN3S. The molecule has 0 bridgehead atoms. The van der Waals surface area contributed by atoms with Gasteiger partial charge in [0, 0.05) is 10.7 Å². The molecule has 16 heavy (non-hydrogen) atoms. The van der Waals surface area contributed by atoms with Crippen LogP contribution in [0.2, 0.25) is 0 Å². The molecular weight excluding hydrogens is 310 g/mol. The van der Waals surface area contributed by atoms with Crippen molar-refractivity contribution < 1.29 is 0 Å². The lowest BCUT2D eigenvalue weighted by atomic mass is 10.2. The number of rotatable bonds is 3. The van der Waals surface area contributed by atoms with Gasteiger partial charge in [0.2, 0.25) is 5.13 Å². The van der Waals surface area contributed by atoms with E-state index in [2.05, 4.69) is 31.1 Å². The molecule has 2 aromatic rings. The van der Waals surface area contributed by atoms with Crippen LogP contribution in [0.3, 0.4) is 0 Å². The van der Waals surface area contributed by atoms with Gasteiger partial charge in [-0.1, -0.05) is 39.4 Å². The molecule has 1 heterocycles. The van der Waals surface area contributed by atoms with Gasteiger partial charge < -0.3 is 0 Å². The zero-order chi connectivity index (χ0) is 11.4. The van der Waals surface area contributed by atoms with Crippen molar-refractivity contribution in [3.63, 3.8) is 0 Å². The van der Waals surface area contributed by atoms with Crippen LogP contribution in [0, 0.1) is 0 Å². The van der Waals surface area contributed by atoms with Gasteiger partial charge in [-0.15, -0.1) is 21.8 Å². The fraction of sp³-hybridized carbons (Fsp3) is 0.100. The van der Waals surface area contributed by atoms with Crippen molar-refractivity contribution in [2.24, 2.45) is 4.99 Å². The summed E-state index contributed by atoms with van der Waals surface area (Å²) < 4.78 is 1.02. The van der Waals surface area contributed by atoms with Crippen molar-refractivity contribution in [3.05, 3.63) is 39.3 Å². The second-order valence-electron chi connectivity index (χ2n) is 2.93. The second-order valence-corrected chi connectivity index (χ2v) is 5.15. The van der Waals surface area contributed by atoms with Crippen molar-refractivity contribution in [3.8, 4) is 0 Å². The van der Waals surface area contributed by atoms with Gasteiger partial charge in [0.15, 0.2) is 0 Å². The van der Waals surface area contributed by atoms with Crippen LogP contribution in [0.15, 0.2) is 33.7 Å². The van der Waals surface area contributed by atoms with Crippen LogP contribution in [0.1, 0.15) is 10.6 Å². The number of benzene rings is 1. The maximum absolute atomic E-state index is 5.63. The third-order valence-electron chi connectivity index (χ3n) is 1.74. The normalized spacial score (nSPS) is 11.1. The van der Waals surface area contributed by atoms with Gasteiger partial charge in [-0.05, 0) is 17.7 Å². The molecule has 6 heteroatoms. The van der Waals surface area contributed by atoms with Gasteiger partial charge in [-0.3, -0.25) is 0 Å². The predicted octanol–water partition coefficient (Wildman–Crippen LogP) is 3.79. The summed E-state index contributed by atoms with van der Waals surface area (Å²) in [6, 6.07) is 7.87. The Kier molecular flexibility index (Phi) is 4.04. The van der Waals surface area contributed by atoms with Crippen LogP contribution in [0.25, 0.3) is 0 Å². The van der Waals surface area contributed by atoms with E-state index >= 15 is 0 Å². The maximum Gasteiger partial charge on any atom is 0.231 e. The van der Waals surface area contributed by atoms with Crippen LogP contribution in [0.5, 0.6) is 0 Å². The third-order valence-corrected chi connectivity index (χ3v) is 3.48. The molecule has 2 rings (SSSR count). The number of nitrogens with zero attached hydrogens (tertiary/aromatic N) is 3. The molecule has 0 aliphatic carbocycles. The predicted molar refractivity (Wildman–Crippen MR) is 70.9 cm³/mol. The molecule has 0 saturated carbocycles. The summed E-state index contributed by atoms with van der Waals surface area (Å²) >= 11 is 10.4. The smallest absolute Gasteiger partial charge is 0.226 e. The lowest BCUT2D eigenvalue weighted by Crippen LogP contribution is -1.79. The minimum Gasteiger partial charge on any atom is -0.226 e. The number of aromatic nitrogens is 2. The summed E-state index contributed by atoms with van der Waals surface area (Å²) in [4.78, 5) is 4.23. The highest BCUT2D eigenvalue weighted by molar-refractivity contribution is 9.10. The topological polar surface area (TPSA) is 38.1 Å². The molecule has 0 fully saturated rings. The summed E-state index contributed by atoms with van der Waals surface area (Å²) in [7, 11) is 0. The van der Waals surface area contributed by atoms with E-state index in [1.807, 2.05) is 24.3 Å². The molecule has 0 N–H and O–H groups in total. The number of alkyl halides is 1. The molecule has 0 aliphatic rings. The molecule has 82 valence electrons. The average molecular weight is 317 g/mol. The van der Waals surface area contributed by atoms with E-state index < -0.39 is 0 Å². The lowest BCUT2D eigenvalue weighted by Gasteiger charge is -1.92. The number of aliphatic imine (C=N–C) groups is 1. The Morgan fingerprint density at radius 3 is 3.00 bits per heavy atom. The first-order valence-electron chi connectivity index (χ1n) is 4.46. The molecule has 3 nitrogen and oxygen atoms in total. The first-order chi connectivity index (χ1) is 7.78. The summed E-state index contributed by atoms with van der Waals surface area (Å²) in [5.41, 5.74) is 1.01. The molecule has 0 unspecified atom stereocenters. The molecule has 0 aliphatic heterocycles. The molecule has 1 aromatic carbocycles. The van der Waals surface area contributed by atoms with Crippen LogP contribution in [-0.2, 0) is 5.88 Å². The zero-order valence-electron chi connectivity index (χ0n) is 8.10. The maximum atomic E-state index is 5.63. The van der Waals surface area contributed by atoms with Crippen LogP contribution in [0.4, 0.5) is 5.13 Å². The lowest BCUT2D eigenvalue weighted by molar-refractivity contribution is 1.03. The summed E-state index contributed by atoms with van der Waals surface area (Å²) in [5, 5.41) is 9.18. The average Bonchev–Trinajstić information content (AvgIpc) is 2.74. The quantitative estimate of drug-likeness (QED) is 0.638. The Bertz CT molecular complexity index is 512. The molecule has 0 atom stereocenters. The van der Waals surface area contributed by atoms with E-state index in [-0.39, 0.29) is 0 Å². The number of hydrogen-bond donors (Lipinski definition) is 0. The van der Waals surface area contributed by atoms with Gasteiger partial charge in [0.1, 0.15) is 5.01 Å². The fourth-order valence-electron chi connectivity index (χ4n) is 1.07. The largest absolute Gasteiger partial charge is 0.231 e. The number of halogens is 2. The fourth-order valence-corrected chi connectivity index (χ4v) is 2.24. The van der Waals surface area contributed by atoms with Crippen LogP contribution >= 0.6 is 38.9 Å². The Morgan fingerprint density at radius 1 is 1.44 bits per heavy atom.